The molecule has 1 unspecified atom stereocenters. The van der Waals surface area contributed by atoms with E-state index in [-0.39, 0.29) is 11.5 Å². The normalized spacial score (nSPS) is 24.0. The van der Waals surface area contributed by atoms with Crippen molar-refractivity contribution >= 4 is 21.5 Å². The zero-order chi connectivity index (χ0) is 15.7. The van der Waals surface area contributed by atoms with Gasteiger partial charge < -0.3 is 10.7 Å². The molecule has 1 aromatic heterocycles. The Bertz CT molecular complexity index is 632. The Morgan fingerprint density at radius 3 is 2.52 bits per heavy atom. The number of hydrazine groups is 1. The van der Waals surface area contributed by atoms with Crippen molar-refractivity contribution in [1.29, 1.82) is 0 Å². The summed E-state index contributed by atoms with van der Waals surface area (Å²) in [5.41, 5.74) is 2.88. The van der Waals surface area contributed by atoms with Crippen LogP contribution in [0.1, 0.15) is 38.1 Å². The lowest BCUT2D eigenvalue weighted by Gasteiger charge is -2.26. The van der Waals surface area contributed by atoms with Crippen molar-refractivity contribution in [2.45, 2.75) is 45.6 Å². The third-order valence-corrected chi connectivity index (χ3v) is 5.63. The van der Waals surface area contributed by atoms with Crippen molar-refractivity contribution in [3.63, 3.8) is 0 Å². The Hall–Kier alpha value is -1.41. The van der Waals surface area contributed by atoms with Gasteiger partial charge in [-0.05, 0) is 26.7 Å². The number of nitrogens with zero attached hydrogens (tertiary/aromatic N) is 2. The van der Waals surface area contributed by atoms with Crippen molar-refractivity contribution in [2.75, 3.05) is 22.2 Å². The average molecular weight is 313 g/mol. The lowest BCUT2D eigenvalue weighted by molar-refractivity contribution is 0.570. The van der Waals surface area contributed by atoms with Gasteiger partial charge in [0.2, 0.25) is 0 Å². The third kappa shape index (κ3) is 3.62. The van der Waals surface area contributed by atoms with Crippen LogP contribution in [0.5, 0.6) is 0 Å². The van der Waals surface area contributed by atoms with Gasteiger partial charge in [0.15, 0.2) is 9.84 Å². The third-order valence-electron chi connectivity index (χ3n) is 3.73. The zero-order valence-corrected chi connectivity index (χ0v) is 13.5. The molecule has 2 rings (SSSR count). The van der Waals surface area contributed by atoms with Crippen LogP contribution in [0.15, 0.2) is 0 Å². The van der Waals surface area contributed by atoms with Gasteiger partial charge in [0.25, 0.3) is 0 Å². The molecule has 0 aromatic carbocycles. The van der Waals surface area contributed by atoms with Gasteiger partial charge in [0.1, 0.15) is 17.5 Å². The first kappa shape index (κ1) is 16.0. The van der Waals surface area contributed by atoms with Crippen LogP contribution in [0.2, 0.25) is 0 Å². The van der Waals surface area contributed by atoms with Crippen LogP contribution in [-0.4, -0.2) is 35.4 Å². The van der Waals surface area contributed by atoms with E-state index in [1.807, 2.05) is 13.8 Å². The summed E-state index contributed by atoms with van der Waals surface area (Å²) in [5, 5.41) is 3.29. The second-order valence-electron chi connectivity index (χ2n) is 5.88. The van der Waals surface area contributed by atoms with E-state index in [1.165, 1.54) is 0 Å². The van der Waals surface area contributed by atoms with Crippen molar-refractivity contribution in [3.8, 4) is 0 Å². The Morgan fingerprint density at radius 2 is 2.00 bits per heavy atom. The van der Waals surface area contributed by atoms with E-state index in [2.05, 4.69) is 27.6 Å². The highest BCUT2D eigenvalue weighted by Gasteiger charge is 2.39. The molecule has 0 radical (unpaired) electrons. The average Bonchev–Trinajstić information content (AvgIpc) is 2.67. The summed E-state index contributed by atoms with van der Waals surface area (Å²) in [6, 6.07) is 0. The molecular weight excluding hydrogens is 290 g/mol. The van der Waals surface area contributed by atoms with E-state index in [0.717, 1.165) is 18.4 Å². The number of nitrogen functional groups attached to an aromatic ring is 1. The van der Waals surface area contributed by atoms with Crippen molar-refractivity contribution in [3.05, 3.63) is 11.4 Å². The van der Waals surface area contributed by atoms with Crippen LogP contribution in [0.4, 0.5) is 11.6 Å². The standard InChI is InChI=1S/C13H23N5O2S/c1-4-5-10-15-11(9(2)12(16-10)18-14)17-13(3)6-7-21(19,20)8-13/h4-8,14H2,1-3H3,(H2,15,16,17,18). The van der Waals surface area contributed by atoms with Crippen LogP contribution < -0.4 is 16.6 Å². The number of nitrogens with two attached hydrogens (primary N) is 1. The van der Waals surface area contributed by atoms with Gasteiger partial charge in [-0.2, -0.15) is 0 Å². The molecule has 7 nitrogen and oxygen atoms in total. The van der Waals surface area contributed by atoms with E-state index < -0.39 is 15.4 Å². The van der Waals surface area contributed by atoms with Crippen LogP contribution in [-0.2, 0) is 16.3 Å². The molecule has 1 aliphatic heterocycles. The molecule has 1 aromatic rings. The Kier molecular flexibility index (Phi) is 4.38. The Balaban J connectivity index is 2.33. The summed E-state index contributed by atoms with van der Waals surface area (Å²) < 4.78 is 23.4. The van der Waals surface area contributed by atoms with Crippen molar-refractivity contribution < 1.29 is 8.42 Å². The molecule has 0 amide bonds. The molecular formula is C13H23N5O2S. The molecule has 21 heavy (non-hydrogen) atoms. The Labute approximate surface area is 125 Å². The first-order valence-corrected chi connectivity index (χ1v) is 8.93. The largest absolute Gasteiger partial charge is 0.363 e. The highest BCUT2D eigenvalue weighted by molar-refractivity contribution is 7.91. The number of hydrogen-bond donors (Lipinski definition) is 3. The van der Waals surface area contributed by atoms with Crippen LogP contribution in [0, 0.1) is 6.92 Å². The second kappa shape index (κ2) is 5.76. The zero-order valence-electron chi connectivity index (χ0n) is 12.7. The fourth-order valence-electron chi connectivity index (χ4n) is 2.56. The van der Waals surface area contributed by atoms with Gasteiger partial charge in [-0.15, -0.1) is 0 Å². The predicted octanol–water partition coefficient (Wildman–Crippen LogP) is 1.01. The lowest BCUT2D eigenvalue weighted by Crippen LogP contribution is -2.37. The lowest BCUT2D eigenvalue weighted by atomic mass is 10.0. The minimum Gasteiger partial charge on any atom is -0.363 e. The molecule has 0 spiro atoms. The molecule has 4 N–H and O–H groups in total. The summed E-state index contributed by atoms with van der Waals surface area (Å²) in [6.45, 7) is 5.82. The maximum Gasteiger partial charge on any atom is 0.152 e. The smallest absolute Gasteiger partial charge is 0.152 e. The van der Waals surface area contributed by atoms with Gasteiger partial charge in [-0.25, -0.2) is 24.2 Å². The highest BCUT2D eigenvalue weighted by atomic mass is 32.2. The van der Waals surface area contributed by atoms with Gasteiger partial charge in [0, 0.05) is 12.0 Å². The molecule has 1 fully saturated rings. The van der Waals surface area contributed by atoms with Crippen molar-refractivity contribution in [2.24, 2.45) is 5.84 Å². The summed E-state index contributed by atoms with van der Waals surface area (Å²) in [7, 11) is -2.97. The fraction of sp³-hybridized carbons (Fsp3) is 0.692. The van der Waals surface area contributed by atoms with Crippen LogP contribution in [0.25, 0.3) is 0 Å². The fourth-order valence-corrected chi connectivity index (χ4v) is 4.65. The second-order valence-corrected chi connectivity index (χ2v) is 8.07. The minimum absolute atomic E-state index is 0.123. The molecule has 1 saturated heterocycles. The number of aromatic nitrogens is 2. The number of aryl methyl sites for hydroxylation is 1. The summed E-state index contributed by atoms with van der Waals surface area (Å²) in [5.74, 6) is 7.76. The van der Waals surface area contributed by atoms with E-state index in [1.54, 1.807) is 0 Å². The minimum atomic E-state index is -2.97. The van der Waals surface area contributed by atoms with Crippen molar-refractivity contribution in [1.82, 2.24) is 9.97 Å². The monoisotopic (exact) mass is 313 g/mol. The van der Waals surface area contributed by atoms with Crippen LogP contribution >= 0.6 is 0 Å². The molecule has 1 atom stereocenters. The number of hydrogen-bond acceptors (Lipinski definition) is 7. The number of sulfone groups is 1. The van der Waals surface area contributed by atoms with E-state index in [9.17, 15) is 8.42 Å². The Morgan fingerprint density at radius 1 is 1.33 bits per heavy atom. The number of nitrogens with one attached hydrogen (secondary N) is 2. The molecule has 0 bridgehead atoms. The summed E-state index contributed by atoms with van der Waals surface area (Å²) in [4.78, 5) is 8.88. The van der Waals surface area contributed by atoms with E-state index in [4.69, 9.17) is 5.84 Å². The predicted molar refractivity (Wildman–Crippen MR) is 83.9 cm³/mol. The summed E-state index contributed by atoms with van der Waals surface area (Å²) in [6.07, 6.45) is 2.25. The van der Waals surface area contributed by atoms with E-state index in [0.29, 0.717) is 23.9 Å². The van der Waals surface area contributed by atoms with Gasteiger partial charge >= 0.3 is 0 Å². The molecule has 118 valence electrons. The molecule has 8 heteroatoms. The molecule has 0 saturated carbocycles. The van der Waals surface area contributed by atoms with Crippen LogP contribution in [0.3, 0.4) is 0 Å². The topological polar surface area (TPSA) is 110 Å². The van der Waals surface area contributed by atoms with Gasteiger partial charge in [-0.1, -0.05) is 6.92 Å². The van der Waals surface area contributed by atoms with Gasteiger partial charge in [-0.3, -0.25) is 0 Å². The quantitative estimate of drug-likeness (QED) is 0.549. The first-order valence-electron chi connectivity index (χ1n) is 7.11. The SMILES string of the molecule is CCCc1nc(NN)c(C)c(NC2(C)CCS(=O)(=O)C2)n1. The van der Waals surface area contributed by atoms with E-state index >= 15 is 0 Å². The summed E-state index contributed by atoms with van der Waals surface area (Å²) >= 11 is 0. The first-order chi connectivity index (χ1) is 9.78. The molecule has 1 aliphatic rings. The maximum absolute atomic E-state index is 11.7. The number of anilines is 2. The number of rotatable bonds is 5. The highest BCUT2D eigenvalue weighted by Crippen LogP contribution is 2.29. The molecule has 2 heterocycles. The van der Waals surface area contributed by atoms with Gasteiger partial charge in [0.05, 0.1) is 17.0 Å². The maximum atomic E-state index is 11.7. The molecule has 0 aliphatic carbocycles.